The summed E-state index contributed by atoms with van der Waals surface area (Å²) in [4.78, 5) is 29.8. The zero-order chi connectivity index (χ0) is 20.9. The van der Waals surface area contributed by atoms with E-state index in [1.807, 2.05) is 0 Å². The van der Waals surface area contributed by atoms with Crippen LogP contribution in [-0.2, 0) is 19.1 Å². The van der Waals surface area contributed by atoms with Crippen molar-refractivity contribution >= 4 is 11.8 Å². The average Bonchev–Trinajstić information content (AvgIpc) is 2.69. The van der Waals surface area contributed by atoms with E-state index in [1.54, 1.807) is 14.0 Å². The van der Waals surface area contributed by atoms with Gasteiger partial charge in [0.2, 0.25) is 0 Å². The van der Waals surface area contributed by atoms with E-state index in [1.165, 1.54) is 0 Å². The SMILES string of the molecule is CO[C@]1(C)CCCN(C)C2(CCC(N(C)C)CC2)COC(=O)C(C)C(=O)CC1. The molecule has 2 rings (SSSR count). The van der Waals surface area contributed by atoms with Crippen LogP contribution in [0.4, 0.5) is 0 Å². The number of ether oxygens (including phenoxy) is 2. The maximum atomic E-state index is 12.6. The lowest BCUT2D eigenvalue weighted by Gasteiger charge is -2.47. The van der Waals surface area contributed by atoms with Crippen LogP contribution < -0.4 is 0 Å². The van der Waals surface area contributed by atoms with Crippen molar-refractivity contribution in [2.24, 2.45) is 5.92 Å². The monoisotopic (exact) mass is 396 g/mol. The van der Waals surface area contributed by atoms with Gasteiger partial charge in [-0.25, -0.2) is 0 Å². The minimum Gasteiger partial charge on any atom is -0.463 e. The van der Waals surface area contributed by atoms with Crippen LogP contribution in [0.2, 0.25) is 0 Å². The van der Waals surface area contributed by atoms with E-state index < -0.39 is 5.92 Å². The second kappa shape index (κ2) is 9.68. The van der Waals surface area contributed by atoms with Crippen molar-refractivity contribution in [2.45, 2.75) is 82.4 Å². The van der Waals surface area contributed by atoms with Crippen molar-refractivity contribution in [1.82, 2.24) is 9.80 Å². The summed E-state index contributed by atoms with van der Waals surface area (Å²) >= 11 is 0. The number of cyclic esters (lactones) is 1. The highest BCUT2D eigenvalue weighted by Crippen LogP contribution is 2.36. The Morgan fingerprint density at radius 1 is 1.14 bits per heavy atom. The molecule has 1 saturated heterocycles. The number of carbonyl (C=O) groups excluding carboxylic acids is 2. The molecule has 2 fully saturated rings. The van der Waals surface area contributed by atoms with Crippen molar-refractivity contribution < 1.29 is 19.1 Å². The number of hydrogen-bond acceptors (Lipinski definition) is 6. The number of Topliss-reactive ketones (excluding diaryl/α,β-unsaturated/α-hetero) is 1. The second-order valence-electron chi connectivity index (χ2n) is 9.39. The van der Waals surface area contributed by atoms with E-state index >= 15 is 0 Å². The standard InChI is InChI=1S/C22H40N2O4/c1-17-19(25)10-12-21(2,27-6)11-7-15-24(5)22(16-28-20(17)26)13-8-18(9-14-22)23(3)4/h17-18H,7-16H2,1-6H3/t17?,18?,21-,22?/m1/s1. The fourth-order valence-electron chi connectivity index (χ4n) is 4.62. The summed E-state index contributed by atoms with van der Waals surface area (Å²) in [7, 11) is 8.14. The number of carbonyl (C=O) groups is 2. The number of nitrogens with zero attached hydrogens (tertiary/aromatic N) is 2. The molecule has 0 bridgehead atoms. The molecule has 1 aliphatic heterocycles. The van der Waals surface area contributed by atoms with Crippen molar-refractivity contribution in [3.05, 3.63) is 0 Å². The smallest absolute Gasteiger partial charge is 0.316 e. The Kier molecular flexibility index (Phi) is 8.06. The quantitative estimate of drug-likeness (QED) is 0.528. The highest BCUT2D eigenvalue weighted by molar-refractivity contribution is 5.98. The van der Waals surface area contributed by atoms with Gasteiger partial charge < -0.3 is 14.4 Å². The highest BCUT2D eigenvalue weighted by atomic mass is 16.5. The van der Waals surface area contributed by atoms with Gasteiger partial charge in [-0.3, -0.25) is 14.5 Å². The maximum absolute atomic E-state index is 12.6. The Balaban J connectivity index is 2.19. The molecule has 1 unspecified atom stereocenters. The summed E-state index contributed by atoms with van der Waals surface area (Å²) in [5.74, 6) is -1.14. The van der Waals surface area contributed by atoms with Crippen LogP contribution in [0.5, 0.6) is 0 Å². The zero-order valence-corrected chi connectivity index (χ0v) is 18.8. The first kappa shape index (κ1) is 23.3. The number of rotatable bonds is 2. The van der Waals surface area contributed by atoms with E-state index in [9.17, 15) is 9.59 Å². The van der Waals surface area contributed by atoms with Crippen molar-refractivity contribution in [3.8, 4) is 0 Å². The lowest BCUT2D eigenvalue weighted by Crippen LogP contribution is -2.55. The van der Waals surface area contributed by atoms with Crippen LogP contribution >= 0.6 is 0 Å². The van der Waals surface area contributed by atoms with Crippen LogP contribution in [0, 0.1) is 5.92 Å². The molecule has 0 aromatic rings. The number of ketones is 1. The van der Waals surface area contributed by atoms with Crippen LogP contribution in [0.25, 0.3) is 0 Å². The molecule has 1 saturated carbocycles. The van der Waals surface area contributed by atoms with Gasteiger partial charge in [0, 0.05) is 19.6 Å². The Morgan fingerprint density at radius 2 is 1.79 bits per heavy atom. The lowest BCUT2D eigenvalue weighted by atomic mass is 9.78. The van der Waals surface area contributed by atoms with Gasteiger partial charge in [-0.05, 0) is 86.5 Å². The summed E-state index contributed by atoms with van der Waals surface area (Å²) in [5, 5.41) is 0. The van der Waals surface area contributed by atoms with Gasteiger partial charge in [0.1, 0.15) is 18.3 Å². The number of likely N-dealkylation sites (N-methyl/N-ethyl adjacent to an activating group) is 1. The molecule has 6 nitrogen and oxygen atoms in total. The fraction of sp³-hybridized carbons (Fsp3) is 0.909. The van der Waals surface area contributed by atoms with Gasteiger partial charge in [-0.1, -0.05) is 0 Å². The molecule has 1 spiro atoms. The number of methoxy groups -OCH3 is 1. The van der Waals surface area contributed by atoms with Gasteiger partial charge in [0.15, 0.2) is 0 Å². The molecule has 0 N–H and O–H groups in total. The minimum absolute atomic E-state index is 0.0498. The molecule has 1 aliphatic carbocycles. The molecular formula is C22H40N2O4. The van der Waals surface area contributed by atoms with Crippen LogP contribution in [0.1, 0.15) is 65.2 Å². The van der Waals surface area contributed by atoms with Gasteiger partial charge in [0.05, 0.1) is 11.1 Å². The molecule has 2 atom stereocenters. The van der Waals surface area contributed by atoms with Crippen molar-refractivity contribution in [3.63, 3.8) is 0 Å². The maximum Gasteiger partial charge on any atom is 0.316 e. The Hall–Kier alpha value is -0.980. The van der Waals surface area contributed by atoms with Crippen LogP contribution in [0.3, 0.4) is 0 Å². The van der Waals surface area contributed by atoms with Gasteiger partial charge in [-0.15, -0.1) is 0 Å². The first-order chi connectivity index (χ1) is 13.1. The van der Waals surface area contributed by atoms with Crippen LogP contribution in [-0.4, -0.2) is 80.1 Å². The minimum atomic E-state index is -0.706. The Bertz CT molecular complexity index is 543. The fourth-order valence-corrected chi connectivity index (χ4v) is 4.62. The van der Waals surface area contributed by atoms with Crippen LogP contribution in [0.15, 0.2) is 0 Å². The second-order valence-corrected chi connectivity index (χ2v) is 9.39. The third-order valence-electron chi connectivity index (χ3n) is 7.34. The average molecular weight is 397 g/mol. The molecule has 0 amide bonds. The van der Waals surface area contributed by atoms with E-state index in [0.717, 1.165) is 45.1 Å². The zero-order valence-electron chi connectivity index (χ0n) is 18.8. The van der Waals surface area contributed by atoms with Crippen molar-refractivity contribution in [2.75, 3.05) is 41.4 Å². The van der Waals surface area contributed by atoms with Gasteiger partial charge >= 0.3 is 5.97 Å². The first-order valence-corrected chi connectivity index (χ1v) is 10.7. The van der Waals surface area contributed by atoms with E-state index in [0.29, 0.717) is 25.5 Å². The van der Waals surface area contributed by atoms with Crippen molar-refractivity contribution in [1.29, 1.82) is 0 Å². The number of hydrogen-bond donors (Lipinski definition) is 0. The molecule has 0 aromatic heterocycles. The van der Waals surface area contributed by atoms with Gasteiger partial charge in [0.25, 0.3) is 0 Å². The third-order valence-corrected chi connectivity index (χ3v) is 7.34. The predicted octanol–water partition coefficient (Wildman–Crippen LogP) is 2.89. The molecule has 0 aromatic carbocycles. The highest BCUT2D eigenvalue weighted by Gasteiger charge is 2.41. The third kappa shape index (κ3) is 5.55. The molecule has 6 heteroatoms. The Labute approximate surface area is 170 Å². The van der Waals surface area contributed by atoms with E-state index in [2.05, 4.69) is 37.9 Å². The summed E-state index contributed by atoms with van der Waals surface area (Å²) < 4.78 is 11.5. The Morgan fingerprint density at radius 3 is 2.36 bits per heavy atom. The molecule has 2 aliphatic rings. The predicted molar refractivity (Wildman–Crippen MR) is 110 cm³/mol. The normalized spacial score (nSPS) is 37.2. The summed E-state index contributed by atoms with van der Waals surface area (Å²) in [5.41, 5.74) is -0.466. The van der Waals surface area contributed by atoms with E-state index in [-0.39, 0.29) is 22.9 Å². The first-order valence-electron chi connectivity index (χ1n) is 10.7. The molecule has 1 heterocycles. The summed E-state index contributed by atoms with van der Waals surface area (Å²) in [6.07, 6.45) is 7.09. The number of esters is 1. The topological polar surface area (TPSA) is 59.1 Å². The molecule has 162 valence electrons. The van der Waals surface area contributed by atoms with Gasteiger partial charge in [-0.2, -0.15) is 0 Å². The lowest BCUT2D eigenvalue weighted by molar-refractivity contribution is -0.156. The largest absolute Gasteiger partial charge is 0.463 e. The van der Waals surface area contributed by atoms with E-state index in [4.69, 9.17) is 9.47 Å². The molecule has 0 radical (unpaired) electrons. The molecule has 28 heavy (non-hydrogen) atoms. The summed E-state index contributed by atoms with van der Waals surface area (Å²) in [6, 6.07) is 0.580. The summed E-state index contributed by atoms with van der Waals surface area (Å²) in [6.45, 7) is 5.06. The molecular weight excluding hydrogens is 356 g/mol.